The molecule has 2 aromatic carbocycles. The molecule has 0 radical (unpaired) electrons. The van der Waals surface area contributed by atoms with Gasteiger partial charge in [-0.2, -0.15) is 5.26 Å². The van der Waals surface area contributed by atoms with Gasteiger partial charge in [0.1, 0.15) is 11.2 Å². The third kappa shape index (κ3) is 5.08. The fourth-order valence-corrected chi connectivity index (χ4v) is 5.23. The van der Waals surface area contributed by atoms with Crippen LogP contribution < -0.4 is 21.6 Å². The lowest BCUT2D eigenvalue weighted by Gasteiger charge is -2.33. The van der Waals surface area contributed by atoms with Crippen molar-refractivity contribution < 1.29 is 4.74 Å². The summed E-state index contributed by atoms with van der Waals surface area (Å²) in [6, 6.07) is 15.1. The maximum Gasteiger partial charge on any atom is 0.134 e. The number of nitrogens with zero attached hydrogens (tertiary/aromatic N) is 4. The molecule has 1 fully saturated rings. The van der Waals surface area contributed by atoms with Gasteiger partial charge in [0.15, 0.2) is 0 Å². The normalized spacial score (nSPS) is 15.7. The number of benzene rings is 2. The standard InChI is InChI=1S/C28H23Cl3N8O/c1-15-4-5-17(8-22(15)29)35-25-16(10-32)11-34-26-21(25)7-18(9-23(26)30)36-27(20-3-2-6-33-28(20)31)24-12-39(38-37-24)19-13-40-14-19/h2-9,11-12,19,27,36-38H,13-14H2,1H3,(H,34,35)/t27-/m0/s1. The second kappa shape index (κ2) is 11.0. The number of aryl methyl sites for hydroxylation is 1. The Kier molecular flexibility index (Phi) is 7.27. The number of fused-ring (bicyclic) bond motifs is 1. The number of hydrogen-bond acceptors (Lipinski definition) is 9. The number of hydrogen-bond donors (Lipinski definition) is 4. The molecule has 0 unspecified atom stereocenters. The quantitative estimate of drug-likeness (QED) is 0.185. The van der Waals surface area contributed by atoms with Gasteiger partial charge in [-0.3, -0.25) is 9.99 Å². The molecule has 2 aliphatic rings. The number of nitriles is 1. The van der Waals surface area contributed by atoms with Gasteiger partial charge < -0.3 is 20.8 Å². The van der Waals surface area contributed by atoms with Crippen LogP contribution in [0.5, 0.6) is 0 Å². The first-order chi connectivity index (χ1) is 19.4. The summed E-state index contributed by atoms with van der Waals surface area (Å²) >= 11 is 19.7. The minimum atomic E-state index is -0.410. The van der Waals surface area contributed by atoms with E-state index >= 15 is 0 Å². The molecule has 4 aromatic rings. The van der Waals surface area contributed by atoms with Crippen molar-refractivity contribution in [2.45, 2.75) is 19.0 Å². The first-order valence-corrected chi connectivity index (χ1v) is 13.6. The highest BCUT2D eigenvalue weighted by molar-refractivity contribution is 6.36. The van der Waals surface area contributed by atoms with Gasteiger partial charge in [0.05, 0.1) is 52.8 Å². The second-order valence-electron chi connectivity index (χ2n) is 9.48. The molecule has 2 aromatic heterocycles. The Labute approximate surface area is 245 Å². The van der Waals surface area contributed by atoms with Gasteiger partial charge in [-0.05, 0) is 42.8 Å². The van der Waals surface area contributed by atoms with Crippen LogP contribution in [0.25, 0.3) is 10.9 Å². The van der Waals surface area contributed by atoms with E-state index in [1.54, 1.807) is 12.3 Å². The Balaban J connectivity index is 1.42. The molecule has 0 aliphatic carbocycles. The molecule has 12 heteroatoms. The van der Waals surface area contributed by atoms with Crippen LogP contribution in [0.2, 0.25) is 15.2 Å². The summed E-state index contributed by atoms with van der Waals surface area (Å²) in [7, 11) is 0. The molecule has 4 heterocycles. The van der Waals surface area contributed by atoms with Crippen molar-refractivity contribution in [2.24, 2.45) is 0 Å². The van der Waals surface area contributed by atoms with Gasteiger partial charge in [0.25, 0.3) is 0 Å². The molecule has 2 aliphatic heterocycles. The summed E-state index contributed by atoms with van der Waals surface area (Å²) in [6.07, 6.45) is 5.14. The number of aromatic nitrogens is 2. The molecule has 1 atom stereocenters. The lowest BCUT2D eigenvalue weighted by atomic mass is 10.0. The van der Waals surface area contributed by atoms with Gasteiger partial charge in [-0.25, -0.2) is 4.98 Å². The third-order valence-corrected chi connectivity index (χ3v) is 7.84. The van der Waals surface area contributed by atoms with Crippen LogP contribution in [0.3, 0.4) is 0 Å². The highest BCUT2D eigenvalue weighted by Gasteiger charge is 2.31. The van der Waals surface area contributed by atoms with Gasteiger partial charge in [-0.1, -0.05) is 46.9 Å². The van der Waals surface area contributed by atoms with E-state index in [1.165, 1.54) is 6.20 Å². The molecule has 40 heavy (non-hydrogen) atoms. The maximum atomic E-state index is 9.89. The van der Waals surface area contributed by atoms with Crippen LogP contribution in [0, 0.1) is 18.3 Å². The molecule has 9 nitrogen and oxygen atoms in total. The van der Waals surface area contributed by atoms with Crippen molar-refractivity contribution in [2.75, 3.05) is 23.8 Å². The summed E-state index contributed by atoms with van der Waals surface area (Å²) in [5, 5.41) is 20.9. The average Bonchev–Trinajstić information content (AvgIpc) is 3.38. The van der Waals surface area contributed by atoms with Gasteiger partial charge in [-0.15, -0.1) is 5.53 Å². The Morgan fingerprint density at radius 1 is 1.10 bits per heavy atom. The van der Waals surface area contributed by atoms with E-state index in [4.69, 9.17) is 39.5 Å². The summed E-state index contributed by atoms with van der Waals surface area (Å²) < 4.78 is 5.34. The van der Waals surface area contributed by atoms with Crippen molar-refractivity contribution >= 4 is 62.8 Å². The maximum absolute atomic E-state index is 9.89. The number of hydrazine groups is 2. The van der Waals surface area contributed by atoms with Crippen LogP contribution in [-0.2, 0) is 4.74 Å². The molecule has 0 spiro atoms. The molecule has 0 amide bonds. The zero-order valence-corrected chi connectivity index (χ0v) is 23.4. The van der Waals surface area contributed by atoms with E-state index in [2.05, 4.69) is 37.6 Å². The fraction of sp³-hybridized carbons (Fsp3) is 0.179. The SMILES string of the molecule is Cc1ccc(Nc2c(C#N)cnc3c(Cl)cc(N[C@H](C4=CN(C5COC5)NN4)c4cccnc4Cl)cc23)cc1Cl. The molecule has 0 saturated carbocycles. The van der Waals surface area contributed by atoms with Gasteiger partial charge >= 0.3 is 0 Å². The summed E-state index contributed by atoms with van der Waals surface area (Å²) in [4.78, 5) is 8.75. The smallest absolute Gasteiger partial charge is 0.134 e. The fourth-order valence-electron chi connectivity index (χ4n) is 4.55. The van der Waals surface area contributed by atoms with Crippen molar-refractivity contribution in [3.8, 4) is 6.07 Å². The topological polar surface area (TPSA) is 110 Å². The predicted molar refractivity (Wildman–Crippen MR) is 157 cm³/mol. The predicted octanol–water partition coefficient (Wildman–Crippen LogP) is 6.23. The molecule has 4 N–H and O–H groups in total. The average molecular weight is 594 g/mol. The number of pyridine rings is 2. The molecule has 0 bridgehead atoms. The van der Waals surface area contributed by atoms with Crippen LogP contribution in [0.1, 0.15) is 22.7 Å². The first-order valence-electron chi connectivity index (χ1n) is 12.4. The number of halogens is 3. The third-order valence-electron chi connectivity index (χ3n) is 6.83. The zero-order valence-electron chi connectivity index (χ0n) is 21.2. The van der Waals surface area contributed by atoms with Crippen molar-refractivity contribution in [3.05, 3.63) is 98.6 Å². The van der Waals surface area contributed by atoms with E-state index in [9.17, 15) is 5.26 Å². The lowest BCUT2D eigenvalue weighted by Crippen LogP contribution is -2.52. The van der Waals surface area contributed by atoms with Crippen LogP contribution in [0.15, 0.2) is 66.8 Å². The minimum absolute atomic E-state index is 0.226. The van der Waals surface area contributed by atoms with E-state index in [0.717, 1.165) is 22.5 Å². The summed E-state index contributed by atoms with van der Waals surface area (Å²) in [6.45, 7) is 3.21. The van der Waals surface area contributed by atoms with Gasteiger partial charge in [0, 0.05) is 45.9 Å². The number of nitrogens with one attached hydrogen (secondary N) is 4. The van der Waals surface area contributed by atoms with E-state index in [-0.39, 0.29) is 6.04 Å². The van der Waals surface area contributed by atoms with Crippen molar-refractivity contribution in [1.29, 1.82) is 5.26 Å². The molecule has 1 saturated heterocycles. The monoisotopic (exact) mass is 592 g/mol. The van der Waals surface area contributed by atoms with Crippen LogP contribution >= 0.6 is 34.8 Å². The van der Waals surface area contributed by atoms with Crippen molar-refractivity contribution in [3.63, 3.8) is 0 Å². The zero-order chi connectivity index (χ0) is 27.8. The molecule has 202 valence electrons. The minimum Gasteiger partial charge on any atom is -0.377 e. The molecule has 6 rings (SSSR count). The van der Waals surface area contributed by atoms with Gasteiger partial charge in [0.2, 0.25) is 0 Å². The van der Waals surface area contributed by atoms with Crippen LogP contribution in [-0.4, -0.2) is 34.2 Å². The Morgan fingerprint density at radius 3 is 2.65 bits per heavy atom. The molecular weight excluding hydrogens is 571 g/mol. The van der Waals surface area contributed by atoms with E-state index in [0.29, 0.717) is 56.3 Å². The number of rotatable bonds is 7. The van der Waals surface area contributed by atoms with Crippen LogP contribution in [0.4, 0.5) is 17.1 Å². The number of anilines is 3. The van der Waals surface area contributed by atoms with E-state index < -0.39 is 6.04 Å². The highest BCUT2D eigenvalue weighted by atomic mass is 35.5. The lowest BCUT2D eigenvalue weighted by molar-refractivity contribution is -0.0635. The molecular formula is C28H23Cl3N8O. The highest BCUT2D eigenvalue weighted by Crippen LogP contribution is 2.38. The van der Waals surface area contributed by atoms with Crippen molar-refractivity contribution in [1.82, 2.24) is 25.9 Å². The summed E-state index contributed by atoms with van der Waals surface area (Å²) in [5.74, 6) is 0. The summed E-state index contributed by atoms with van der Waals surface area (Å²) in [5.41, 5.74) is 11.9. The Morgan fingerprint density at radius 2 is 1.93 bits per heavy atom. The Bertz CT molecular complexity index is 1680. The second-order valence-corrected chi connectivity index (χ2v) is 10.7. The number of ether oxygens (including phenoxy) is 1. The Hall–Kier alpha value is -3.78. The largest absolute Gasteiger partial charge is 0.377 e. The van der Waals surface area contributed by atoms with E-state index in [1.807, 2.05) is 54.5 Å². The first kappa shape index (κ1) is 26.4.